The van der Waals surface area contributed by atoms with Crippen molar-refractivity contribution in [3.63, 3.8) is 0 Å². The van der Waals surface area contributed by atoms with Gasteiger partial charge in [0.1, 0.15) is 5.15 Å². The lowest BCUT2D eigenvalue weighted by Crippen LogP contribution is -2.37. The maximum absolute atomic E-state index is 12.7. The smallest absolute Gasteiger partial charge is 0.254 e. The first-order valence-corrected chi connectivity index (χ1v) is 7.05. The number of halogens is 1. The molecule has 104 valence electrons. The van der Waals surface area contributed by atoms with Crippen LogP contribution in [0, 0.1) is 0 Å². The Balaban J connectivity index is 2.07. The topological polar surface area (TPSA) is 53.4 Å². The first-order valence-electron chi connectivity index (χ1n) is 6.68. The summed E-state index contributed by atoms with van der Waals surface area (Å²) in [5.41, 5.74) is 1.27. The van der Waals surface area contributed by atoms with Gasteiger partial charge in [0.15, 0.2) is 0 Å². The lowest BCUT2D eigenvalue weighted by molar-refractivity contribution is 0.0679. The summed E-state index contributed by atoms with van der Waals surface area (Å²) in [6.07, 6.45) is 1.77. The minimum Gasteiger partial charge on any atom is -0.394 e. The van der Waals surface area contributed by atoms with Crippen molar-refractivity contribution in [3.8, 4) is 0 Å². The fourth-order valence-corrected chi connectivity index (χ4v) is 2.97. The third kappa shape index (κ3) is 2.25. The van der Waals surface area contributed by atoms with E-state index in [9.17, 15) is 9.90 Å². The molecule has 3 rings (SSSR count). The Kier molecular flexibility index (Phi) is 3.59. The number of carbonyl (C=O) groups excluding carboxylic acids is 1. The predicted octanol–water partition coefficient (Wildman–Crippen LogP) is 2.49. The number of aliphatic hydroxyl groups is 1. The average Bonchev–Trinajstić information content (AvgIpc) is 2.94. The Morgan fingerprint density at radius 2 is 2.25 bits per heavy atom. The summed E-state index contributed by atoms with van der Waals surface area (Å²) in [6.45, 7) is 0.681. The van der Waals surface area contributed by atoms with Crippen molar-refractivity contribution < 1.29 is 9.90 Å². The van der Waals surface area contributed by atoms with E-state index in [1.54, 1.807) is 11.0 Å². The Hall–Kier alpha value is -1.65. The van der Waals surface area contributed by atoms with Crippen LogP contribution in [0.4, 0.5) is 0 Å². The Morgan fingerprint density at radius 3 is 3.05 bits per heavy atom. The number of hydrogen-bond acceptors (Lipinski definition) is 3. The predicted molar refractivity (Wildman–Crippen MR) is 77.9 cm³/mol. The molecule has 0 aliphatic carbocycles. The number of aromatic nitrogens is 1. The molecular weight excluding hydrogens is 276 g/mol. The summed E-state index contributed by atoms with van der Waals surface area (Å²) in [4.78, 5) is 18.7. The molecule has 1 aliphatic rings. The molecule has 1 saturated heterocycles. The third-order valence-corrected chi connectivity index (χ3v) is 3.96. The van der Waals surface area contributed by atoms with Gasteiger partial charge in [0, 0.05) is 11.9 Å². The van der Waals surface area contributed by atoms with Gasteiger partial charge in [-0.1, -0.05) is 29.8 Å². The number of hydrogen-bond donors (Lipinski definition) is 1. The van der Waals surface area contributed by atoms with Crippen LogP contribution >= 0.6 is 11.6 Å². The standard InChI is InChI=1S/C15H15ClN2O2/c16-14-8-12(11-5-1-2-6-13(11)17-14)15(20)18-7-3-4-10(18)9-19/h1-2,5-6,8,10,19H,3-4,7,9H2/t10-/m1/s1. The lowest BCUT2D eigenvalue weighted by Gasteiger charge is -2.23. The van der Waals surface area contributed by atoms with E-state index in [0.29, 0.717) is 22.8 Å². The van der Waals surface area contributed by atoms with Crippen LogP contribution in [0.3, 0.4) is 0 Å². The fourth-order valence-electron chi connectivity index (χ4n) is 2.77. The zero-order valence-corrected chi connectivity index (χ0v) is 11.7. The normalized spacial score (nSPS) is 18.7. The quantitative estimate of drug-likeness (QED) is 0.865. The van der Waals surface area contributed by atoms with E-state index < -0.39 is 0 Å². The van der Waals surface area contributed by atoms with Crippen molar-refractivity contribution in [2.45, 2.75) is 18.9 Å². The monoisotopic (exact) mass is 290 g/mol. The molecule has 0 radical (unpaired) electrons. The van der Waals surface area contributed by atoms with Crippen molar-refractivity contribution in [1.29, 1.82) is 0 Å². The highest BCUT2D eigenvalue weighted by atomic mass is 35.5. The molecular formula is C15H15ClN2O2. The zero-order valence-electron chi connectivity index (χ0n) is 10.9. The molecule has 1 amide bonds. The van der Waals surface area contributed by atoms with Gasteiger partial charge < -0.3 is 10.0 Å². The fraction of sp³-hybridized carbons (Fsp3) is 0.333. The van der Waals surface area contributed by atoms with E-state index in [1.807, 2.05) is 24.3 Å². The molecule has 4 nitrogen and oxygen atoms in total. The minimum absolute atomic E-state index is 0.00247. The largest absolute Gasteiger partial charge is 0.394 e. The van der Waals surface area contributed by atoms with E-state index in [2.05, 4.69) is 4.98 Å². The van der Waals surface area contributed by atoms with Gasteiger partial charge in [0.2, 0.25) is 0 Å². The van der Waals surface area contributed by atoms with E-state index in [-0.39, 0.29) is 18.6 Å². The number of para-hydroxylation sites is 1. The van der Waals surface area contributed by atoms with E-state index in [1.165, 1.54) is 0 Å². The van der Waals surface area contributed by atoms with Crippen LogP contribution in [0.2, 0.25) is 5.15 Å². The van der Waals surface area contributed by atoms with Crippen LogP contribution in [0.5, 0.6) is 0 Å². The van der Waals surface area contributed by atoms with Crippen LogP contribution in [0.1, 0.15) is 23.2 Å². The maximum atomic E-state index is 12.7. The molecule has 0 bridgehead atoms. The molecule has 2 heterocycles. The molecule has 1 atom stereocenters. The lowest BCUT2D eigenvalue weighted by atomic mass is 10.1. The summed E-state index contributed by atoms with van der Waals surface area (Å²) in [7, 11) is 0. The highest BCUT2D eigenvalue weighted by Crippen LogP contribution is 2.25. The van der Waals surface area contributed by atoms with Crippen molar-refractivity contribution in [2.24, 2.45) is 0 Å². The molecule has 1 aromatic carbocycles. The van der Waals surface area contributed by atoms with Crippen LogP contribution < -0.4 is 0 Å². The first kappa shape index (κ1) is 13.3. The number of carbonyl (C=O) groups is 1. The molecule has 2 aromatic rings. The molecule has 1 fully saturated rings. The Bertz CT molecular complexity index is 659. The highest BCUT2D eigenvalue weighted by Gasteiger charge is 2.29. The Morgan fingerprint density at radius 1 is 1.45 bits per heavy atom. The second-order valence-electron chi connectivity index (χ2n) is 4.99. The molecule has 5 heteroatoms. The van der Waals surface area contributed by atoms with Crippen molar-refractivity contribution in [3.05, 3.63) is 41.0 Å². The third-order valence-electron chi connectivity index (χ3n) is 3.76. The van der Waals surface area contributed by atoms with E-state index in [0.717, 1.165) is 18.2 Å². The number of fused-ring (bicyclic) bond motifs is 1. The molecule has 20 heavy (non-hydrogen) atoms. The Labute approximate surface area is 122 Å². The molecule has 1 aliphatic heterocycles. The van der Waals surface area contributed by atoms with Gasteiger partial charge in [0.25, 0.3) is 5.91 Å². The number of benzene rings is 1. The SMILES string of the molecule is O=C(c1cc(Cl)nc2ccccc12)N1CCC[C@@H]1CO. The molecule has 0 saturated carbocycles. The second-order valence-corrected chi connectivity index (χ2v) is 5.37. The zero-order chi connectivity index (χ0) is 14.1. The van der Waals surface area contributed by atoms with Gasteiger partial charge in [-0.2, -0.15) is 0 Å². The number of likely N-dealkylation sites (tertiary alicyclic amines) is 1. The first-order chi connectivity index (χ1) is 9.70. The molecule has 1 aromatic heterocycles. The summed E-state index contributed by atoms with van der Waals surface area (Å²) in [5.74, 6) is -0.0814. The minimum atomic E-state index is -0.0896. The van der Waals surface area contributed by atoms with E-state index in [4.69, 9.17) is 11.6 Å². The second kappa shape index (κ2) is 5.38. The van der Waals surface area contributed by atoms with Gasteiger partial charge in [-0.15, -0.1) is 0 Å². The summed E-state index contributed by atoms with van der Waals surface area (Å²) in [6, 6.07) is 8.97. The van der Waals surface area contributed by atoms with Gasteiger partial charge in [0.05, 0.1) is 23.7 Å². The van der Waals surface area contributed by atoms with Crippen LogP contribution in [-0.2, 0) is 0 Å². The number of amides is 1. The maximum Gasteiger partial charge on any atom is 0.254 e. The van der Waals surface area contributed by atoms with Crippen LogP contribution in [-0.4, -0.2) is 40.1 Å². The van der Waals surface area contributed by atoms with Crippen molar-refractivity contribution in [2.75, 3.05) is 13.2 Å². The molecule has 0 unspecified atom stereocenters. The summed E-state index contributed by atoms with van der Waals surface area (Å²) < 4.78 is 0. The van der Waals surface area contributed by atoms with Gasteiger partial charge in [-0.05, 0) is 25.0 Å². The number of pyridine rings is 1. The van der Waals surface area contributed by atoms with E-state index >= 15 is 0 Å². The number of aliphatic hydroxyl groups excluding tert-OH is 1. The number of nitrogens with zero attached hydrogens (tertiary/aromatic N) is 2. The summed E-state index contributed by atoms with van der Waals surface area (Å²) in [5, 5.41) is 10.5. The van der Waals surface area contributed by atoms with Gasteiger partial charge in [-0.3, -0.25) is 4.79 Å². The van der Waals surface area contributed by atoms with Gasteiger partial charge in [-0.25, -0.2) is 4.98 Å². The molecule has 0 spiro atoms. The van der Waals surface area contributed by atoms with Crippen molar-refractivity contribution >= 4 is 28.4 Å². The average molecular weight is 291 g/mol. The molecule has 1 N–H and O–H groups in total. The highest BCUT2D eigenvalue weighted by molar-refractivity contribution is 6.30. The van der Waals surface area contributed by atoms with Gasteiger partial charge >= 0.3 is 0 Å². The number of rotatable bonds is 2. The van der Waals surface area contributed by atoms with Crippen LogP contribution in [0.25, 0.3) is 10.9 Å². The van der Waals surface area contributed by atoms with Crippen LogP contribution in [0.15, 0.2) is 30.3 Å². The summed E-state index contributed by atoms with van der Waals surface area (Å²) >= 11 is 6.01. The van der Waals surface area contributed by atoms with Crippen molar-refractivity contribution in [1.82, 2.24) is 9.88 Å².